The maximum Gasteiger partial charge on any atom is 0.265 e. The molecule has 2 aromatic carbocycles. The number of carbonyl (C=O) groups is 2. The SMILES string of the molecule is CCC(Oc1ccc(C(C)(C)CC)cc1C(C)(C)CC)C(=O)Nc1ccc(N2N=C(N3CCCC3)CC2=O)cc1. The van der Waals surface area contributed by atoms with Gasteiger partial charge in [-0.25, -0.2) is 0 Å². The summed E-state index contributed by atoms with van der Waals surface area (Å²) in [6.07, 6.45) is 4.52. The van der Waals surface area contributed by atoms with Crippen LogP contribution in [0, 0.1) is 0 Å². The molecule has 1 fully saturated rings. The molecule has 7 heteroatoms. The van der Waals surface area contributed by atoms with Crippen LogP contribution in [0.4, 0.5) is 11.4 Å². The number of ether oxygens (including phenoxy) is 1. The zero-order chi connectivity index (χ0) is 29.1. The summed E-state index contributed by atoms with van der Waals surface area (Å²) in [4.78, 5) is 28.1. The maximum atomic E-state index is 13.3. The second kappa shape index (κ2) is 12.0. The minimum absolute atomic E-state index is 0.0303. The lowest BCUT2D eigenvalue weighted by atomic mass is 9.76. The van der Waals surface area contributed by atoms with Crippen molar-refractivity contribution < 1.29 is 14.3 Å². The Balaban J connectivity index is 1.47. The van der Waals surface area contributed by atoms with Crippen molar-refractivity contribution >= 4 is 29.0 Å². The van der Waals surface area contributed by atoms with E-state index in [1.54, 1.807) is 0 Å². The molecule has 1 unspecified atom stereocenters. The van der Waals surface area contributed by atoms with Crippen molar-refractivity contribution in [3.63, 3.8) is 0 Å². The van der Waals surface area contributed by atoms with Gasteiger partial charge in [-0.05, 0) is 78.8 Å². The average Bonchev–Trinajstić information content (AvgIpc) is 3.62. The van der Waals surface area contributed by atoms with E-state index < -0.39 is 6.10 Å². The lowest BCUT2D eigenvalue weighted by Crippen LogP contribution is -2.33. The Kier molecular flexibility index (Phi) is 8.91. The molecule has 2 amide bonds. The quantitative estimate of drug-likeness (QED) is 0.348. The van der Waals surface area contributed by atoms with E-state index >= 15 is 0 Å². The number of carbonyl (C=O) groups excluding carboxylic acids is 2. The number of benzene rings is 2. The molecule has 0 saturated carbocycles. The van der Waals surface area contributed by atoms with E-state index in [0.717, 1.165) is 55.9 Å². The van der Waals surface area contributed by atoms with E-state index in [2.05, 4.69) is 69.0 Å². The third-order valence-corrected chi connectivity index (χ3v) is 8.80. The van der Waals surface area contributed by atoms with Crippen LogP contribution in [0.15, 0.2) is 47.6 Å². The van der Waals surface area contributed by atoms with Gasteiger partial charge in [0.25, 0.3) is 11.8 Å². The van der Waals surface area contributed by atoms with E-state index in [9.17, 15) is 9.59 Å². The van der Waals surface area contributed by atoms with Gasteiger partial charge in [-0.15, -0.1) is 0 Å². The highest BCUT2D eigenvalue weighted by Gasteiger charge is 2.31. The first kappa shape index (κ1) is 29.6. The van der Waals surface area contributed by atoms with Crippen LogP contribution in [0.25, 0.3) is 0 Å². The summed E-state index contributed by atoms with van der Waals surface area (Å²) in [7, 11) is 0. The van der Waals surface area contributed by atoms with Gasteiger partial charge in [-0.3, -0.25) is 9.59 Å². The third-order valence-electron chi connectivity index (χ3n) is 8.80. The molecule has 216 valence electrons. The molecule has 2 heterocycles. The molecule has 1 saturated heterocycles. The largest absolute Gasteiger partial charge is 0.480 e. The van der Waals surface area contributed by atoms with Crippen LogP contribution in [-0.4, -0.2) is 41.7 Å². The molecule has 0 aromatic heterocycles. The first-order chi connectivity index (χ1) is 19.0. The van der Waals surface area contributed by atoms with Gasteiger partial charge in [0.1, 0.15) is 11.6 Å². The Labute approximate surface area is 240 Å². The number of nitrogens with zero attached hydrogens (tertiary/aromatic N) is 3. The van der Waals surface area contributed by atoms with Crippen molar-refractivity contribution in [3.05, 3.63) is 53.6 Å². The summed E-state index contributed by atoms with van der Waals surface area (Å²) < 4.78 is 6.41. The van der Waals surface area contributed by atoms with Gasteiger partial charge in [0, 0.05) is 24.3 Å². The zero-order valence-corrected chi connectivity index (χ0v) is 25.3. The molecule has 40 heavy (non-hydrogen) atoms. The van der Waals surface area contributed by atoms with Crippen LogP contribution in [0.5, 0.6) is 5.75 Å². The molecule has 1 atom stereocenters. The predicted octanol–water partition coefficient (Wildman–Crippen LogP) is 7.00. The normalized spacial score (nSPS) is 16.8. The standard InChI is InChI=1S/C33H46N4O3/c1-8-27(40-28-18-13-23(32(4,5)9-2)21-26(28)33(6,7)10-3)31(39)34-24-14-16-25(17-15-24)37-30(38)22-29(35-37)36-19-11-12-20-36/h13-18,21,27H,8-12,19-20,22H2,1-7H3,(H,34,39). The molecule has 4 rings (SSSR count). The minimum atomic E-state index is -0.635. The maximum absolute atomic E-state index is 13.3. The van der Waals surface area contributed by atoms with E-state index in [1.807, 2.05) is 37.3 Å². The summed E-state index contributed by atoms with van der Waals surface area (Å²) in [5.74, 6) is 1.39. The molecule has 0 aliphatic carbocycles. The van der Waals surface area contributed by atoms with Crippen LogP contribution >= 0.6 is 0 Å². The van der Waals surface area contributed by atoms with Gasteiger partial charge in [-0.1, -0.05) is 60.6 Å². The molecule has 1 N–H and O–H groups in total. The number of likely N-dealkylation sites (tertiary alicyclic amines) is 1. The van der Waals surface area contributed by atoms with E-state index in [0.29, 0.717) is 24.2 Å². The van der Waals surface area contributed by atoms with Crippen molar-refractivity contribution in [1.82, 2.24) is 4.90 Å². The number of anilines is 2. The summed E-state index contributed by atoms with van der Waals surface area (Å²) in [6, 6.07) is 13.7. The molecule has 0 bridgehead atoms. The van der Waals surface area contributed by atoms with E-state index in [4.69, 9.17) is 4.74 Å². The number of nitrogens with one attached hydrogen (secondary N) is 1. The van der Waals surface area contributed by atoms with Crippen molar-refractivity contribution in [3.8, 4) is 5.75 Å². The van der Waals surface area contributed by atoms with Gasteiger partial charge in [0.2, 0.25) is 0 Å². The number of rotatable bonds is 10. The number of hydrazone groups is 1. The fourth-order valence-electron chi connectivity index (χ4n) is 5.13. The van der Waals surface area contributed by atoms with Crippen molar-refractivity contribution in [1.29, 1.82) is 0 Å². The Morgan fingerprint density at radius 3 is 2.23 bits per heavy atom. The second-order valence-electron chi connectivity index (χ2n) is 12.3. The van der Waals surface area contributed by atoms with Crippen LogP contribution in [0.3, 0.4) is 0 Å². The smallest absolute Gasteiger partial charge is 0.265 e. The molecular formula is C33H46N4O3. The van der Waals surface area contributed by atoms with Crippen LogP contribution < -0.4 is 15.1 Å². The molecular weight excluding hydrogens is 500 g/mol. The molecule has 2 aliphatic heterocycles. The Morgan fingerprint density at radius 2 is 1.62 bits per heavy atom. The molecule has 0 radical (unpaired) electrons. The first-order valence-corrected chi connectivity index (χ1v) is 14.9. The topological polar surface area (TPSA) is 74.2 Å². The van der Waals surface area contributed by atoms with Gasteiger partial charge in [-0.2, -0.15) is 10.1 Å². The molecule has 2 aliphatic rings. The first-order valence-electron chi connectivity index (χ1n) is 14.9. The average molecular weight is 547 g/mol. The van der Waals surface area contributed by atoms with Gasteiger partial charge in [0.15, 0.2) is 6.10 Å². The fourth-order valence-corrected chi connectivity index (χ4v) is 5.13. The summed E-state index contributed by atoms with van der Waals surface area (Å²) >= 11 is 0. The van der Waals surface area contributed by atoms with E-state index in [-0.39, 0.29) is 22.6 Å². The highest BCUT2D eigenvalue weighted by atomic mass is 16.5. The third kappa shape index (κ3) is 6.34. The summed E-state index contributed by atoms with van der Waals surface area (Å²) in [6.45, 7) is 17.3. The predicted molar refractivity (Wildman–Crippen MR) is 163 cm³/mol. The second-order valence-corrected chi connectivity index (χ2v) is 12.3. The Morgan fingerprint density at radius 1 is 0.975 bits per heavy atom. The summed E-state index contributed by atoms with van der Waals surface area (Å²) in [5, 5.41) is 9.05. The Bertz CT molecular complexity index is 1240. The number of amides is 2. The van der Waals surface area contributed by atoms with Crippen molar-refractivity contribution in [2.24, 2.45) is 5.10 Å². The highest BCUT2D eigenvalue weighted by Crippen LogP contribution is 2.39. The zero-order valence-electron chi connectivity index (χ0n) is 25.3. The molecule has 0 spiro atoms. The van der Waals surface area contributed by atoms with E-state index in [1.165, 1.54) is 10.6 Å². The molecule has 7 nitrogen and oxygen atoms in total. The summed E-state index contributed by atoms with van der Waals surface area (Å²) in [5.41, 5.74) is 3.73. The van der Waals surface area contributed by atoms with Gasteiger partial charge in [0.05, 0.1) is 12.1 Å². The number of hydrogen-bond acceptors (Lipinski definition) is 5. The van der Waals surface area contributed by atoms with Crippen molar-refractivity contribution in [2.75, 3.05) is 23.4 Å². The number of hydrogen-bond donors (Lipinski definition) is 1. The van der Waals surface area contributed by atoms with Gasteiger partial charge >= 0.3 is 0 Å². The fraction of sp³-hybridized carbons (Fsp3) is 0.545. The lowest BCUT2D eigenvalue weighted by molar-refractivity contribution is -0.123. The van der Waals surface area contributed by atoms with Gasteiger partial charge < -0.3 is 15.0 Å². The van der Waals surface area contributed by atoms with Crippen LogP contribution in [0.1, 0.15) is 98.1 Å². The minimum Gasteiger partial charge on any atom is -0.480 e. The van der Waals surface area contributed by atoms with Crippen LogP contribution in [0.2, 0.25) is 0 Å². The monoisotopic (exact) mass is 546 g/mol. The lowest BCUT2D eigenvalue weighted by Gasteiger charge is -2.31. The van der Waals surface area contributed by atoms with Crippen molar-refractivity contribution in [2.45, 2.75) is 104 Å². The Hall–Kier alpha value is -3.35. The van der Waals surface area contributed by atoms with Crippen LogP contribution in [-0.2, 0) is 20.4 Å². The highest BCUT2D eigenvalue weighted by molar-refractivity contribution is 6.12. The number of amidine groups is 1. The molecule has 2 aromatic rings.